The summed E-state index contributed by atoms with van der Waals surface area (Å²) in [5.74, 6) is -0.790. The molecule has 1 N–H and O–H groups in total. The number of hydrogen-bond donors (Lipinski definition) is 1. The molecule has 1 fully saturated rings. The second kappa shape index (κ2) is 7.78. The molecule has 2 heterocycles. The Hall–Kier alpha value is -3.62. The van der Waals surface area contributed by atoms with Crippen LogP contribution >= 0.6 is 0 Å². The molecule has 8 nitrogen and oxygen atoms in total. The molecule has 0 saturated carbocycles. The number of amides is 2. The Morgan fingerprint density at radius 2 is 1.83 bits per heavy atom. The fourth-order valence-corrected chi connectivity index (χ4v) is 3.27. The van der Waals surface area contributed by atoms with Crippen molar-refractivity contribution >= 4 is 17.5 Å². The highest BCUT2D eigenvalue weighted by atomic mass is 19.1. The van der Waals surface area contributed by atoms with E-state index in [1.165, 1.54) is 29.2 Å². The molecule has 2 amide bonds. The van der Waals surface area contributed by atoms with Gasteiger partial charge in [0.25, 0.3) is 0 Å². The molecule has 4 rings (SSSR count). The highest BCUT2D eigenvalue weighted by Crippen LogP contribution is 2.25. The number of aryl methyl sites for hydroxylation is 1. The summed E-state index contributed by atoms with van der Waals surface area (Å²) in [4.78, 5) is 26.4. The van der Waals surface area contributed by atoms with E-state index < -0.39 is 5.92 Å². The molecular formula is C20H19FN6O2. The van der Waals surface area contributed by atoms with E-state index in [1.807, 2.05) is 31.2 Å². The Bertz CT molecular complexity index is 1030. The van der Waals surface area contributed by atoms with E-state index in [4.69, 9.17) is 0 Å². The predicted octanol–water partition coefficient (Wildman–Crippen LogP) is 1.78. The summed E-state index contributed by atoms with van der Waals surface area (Å²) in [5.41, 5.74) is 2.49. The smallest absolute Gasteiger partial charge is 0.227 e. The van der Waals surface area contributed by atoms with Crippen LogP contribution in [0.15, 0.2) is 48.5 Å². The van der Waals surface area contributed by atoms with Gasteiger partial charge in [-0.05, 0) is 53.7 Å². The molecule has 148 valence electrons. The van der Waals surface area contributed by atoms with Crippen molar-refractivity contribution in [2.75, 3.05) is 11.4 Å². The number of aromatic nitrogens is 4. The Labute approximate surface area is 166 Å². The summed E-state index contributed by atoms with van der Waals surface area (Å²) >= 11 is 0. The molecule has 1 unspecified atom stereocenters. The van der Waals surface area contributed by atoms with E-state index in [0.29, 0.717) is 11.5 Å². The maximum Gasteiger partial charge on any atom is 0.227 e. The number of nitrogens with one attached hydrogen (secondary N) is 1. The summed E-state index contributed by atoms with van der Waals surface area (Å²) in [6, 6.07) is 13.3. The molecule has 2 aromatic carbocycles. The molecule has 0 bridgehead atoms. The molecule has 3 aromatic rings. The minimum atomic E-state index is -0.490. The molecule has 0 spiro atoms. The number of hydrogen-bond acceptors (Lipinski definition) is 5. The molecule has 1 saturated heterocycles. The summed E-state index contributed by atoms with van der Waals surface area (Å²) in [5, 5.41) is 14.4. The Morgan fingerprint density at radius 1 is 1.14 bits per heavy atom. The first-order valence-corrected chi connectivity index (χ1v) is 9.19. The average Bonchev–Trinajstić information content (AvgIpc) is 3.34. The number of rotatable bonds is 5. The number of carbonyl (C=O) groups excluding carboxylic acids is 2. The Morgan fingerprint density at radius 3 is 2.55 bits per heavy atom. The van der Waals surface area contributed by atoms with Crippen molar-refractivity contribution in [3.05, 3.63) is 65.7 Å². The van der Waals surface area contributed by atoms with Crippen LogP contribution in [0.25, 0.3) is 5.69 Å². The van der Waals surface area contributed by atoms with Crippen molar-refractivity contribution in [2.24, 2.45) is 5.92 Å². The normalized spacial score (nSPS) is 16.3. The molecule has 0 radical (unpaired) electrons. The SMILES string of the molecule is Cc1ccc(-n2nnnc2CNC(=O)C2CC(=O)N(c3ccc(F)cc3)C2)cc1. The standard InChI is InChI=1S/C20H19FN6O2/c1-13-2-6-17(7-3-13)27-18(23-24-25-27)11-22-20(29)14-10-19(28)26(12-14)16-8-4-15(21)5-9-16/h2-9,14H,10-12H2,1H3,(H,22,29). The average molecular weight is 394 g/mol. The van der Waals surface area contributed by atoms with Crippen LogP contribution in [-0.2, 0) is 16.1 Å². The zero-order valence-electron chi connectivity index (χ0n) is 15.7. The number of benzene rings is 2. The molecule has 0 aliphatic carbocycles. The molecule has 29 heavy (non-hydrogen) atoms. The minimum absolute atomic E-state index is 0.103. The van der Waals surface area contributed by atoms with Crippen molar-refractivity contribution in [2.45, 2.75) is 19.9 Å². The first kappa shape index (κ1) is 18.7. The van der Waals surface area contributed by atoms with E-state index in [0.717, 1.165) is 11.3 Å². The van der Waals surface area contributed by atoms with Crippen LogP contribution in [0.1, 0.15) is 17.8 Å². The van der Waals surface area contributed by atoms with Crippen LogP contribution in [0.3, 0.4) is 0 Å². The summed E-state index contributed by atoms with van der Waals surface area (Å²) in [6.45, 7) is 2.38. The lowest BCUT2D eigenvalue weighted by molar-refractivity contribution is -0.126. The maximum absolute atomic E-state index is 13.1. The van der Waals surface area contributed by atoms with Gasteiger partial charge >= 0.3 is 0 Å². The van der Waals surface area contributed by atoms with Crippen LogP contribution in [0, 0.1) is 18.7 Å². The number of anilines is 1. The molecule has 1 aliphatic rings. The van der Waals surface area contributed by atoms with Gasteiger partial charge in [0.15, 0.2) is 5.82 Å². The van der Waals surface area contributed by atoms with Gasteiger partial charge in [0.2, 0.25) is 11.8 Å². The van der Waals surface area contributed by atoms with Crippen LogP contribution in [0.5, 0.6) is 0 Å². The summed E-state index contributed by atoms with van der Waals surface area (Å²) in [7, 11) is 0. The van der Waals surface area contributed by atoms with Crippen molar-refractivity contribution < 1.29 is 14.0 Å². The topological polar surface area (TPSA) is 93.0 Å². The second-order valence-electron chi connectivity index (χ2n) is 6.94. The largest absolute Gasteiger partial charge is 0.348 e. The third kappa shape index (κ3) is 3.98. The number of nitrogens with zero attached hydrogens (tertiary/aromatic N) is 5. The molecule has 9 heteroatoms. The third-order valence-electron chi connectivity index (χ3n) is 4.87. The van der Waals surface area contributed by atoms with Crippen molar-refractivity contribution in [1.29, 1.82) is 0 Å². The summed E-state index contributed by atoms with van der Waals surface area (Å²) in [6.07, 6.45) is 0.103. The lowest BCUT2D eigenvalue weighted by Crippen LogP contribution is -2.33. The predicted molar refractivity (Wildman–Crippen MR) is 103 cm³/mol. The van der Waals surface area contributed by atoms with Gasteiger partial charge in [-0.2, -0.15) is 4.68 Å². The van der Waals surface area contributed by atoms with Gasteiger partial charge in [-0.3, -0.25) is 9.59 Å². The zero-order chi connectivity index (χ0) is 20.4. The van der Waals surface area contributed by atoms with Crippen LogP contribution < -0.4 is 10.2 Å². The van der Waals surface area contributed by atoms with E-state index >= 15 is 0 Å². The van der Waals surface area contributed by atoms with Gasteiger partial charge in [-0.15, -0.1) is 5.10 Å². The second-order valence-corrected chi connectivity index (χ2v) is 6.94. The third-order valence-corrected chi connectivity index (χ3v) is 4.87. The summed E-state index contributed by atoms with van der Waals surface area (Å²) < 4.78 is 14.7. The first-order chi connectivity index (χ1) is 14.0. The van der Waals surface area contributed by atoms with Crippen molar-refractivity contribution in [3.63, 3.8) is 0 Å². The van der Waals surface area contributed by atoms with E-state index in [9.17, 15) is 14.0 Å². The van der Waals surface area contributed by atoms with Gasteiger partial charge in [0.1, 0.15) is 5.82 Å². The zero-order valence-corrected chi connectivity index (χ0v) is 15.7. The highest BCUT2D eigenvalue weighted by molar-refractivity contribution is 6.00. The fourth-order valence-electron chi connectivity index (χ4n) is 3.27. The van der Waals surface area contributed by atoms with Crippen LogP contribution in [0.2, 0.25) is 0 Å². The van der Waals surface area contributed by atoms with E-state index in [1.54, 1.807) is 4.68 Å². The van der Waals surface area contributed by atoms with Crippen molar-refractivity contribution in [1.82, 2.24) is 25.5 Å². The lowest BCUT2D eigenvalue weighted by atomic mass is 10.1. The van der Waals surface area contributed by atoms with Crippen molar-refractivity contribution in [3.8, 4) is 5.69 Å². The van der Waals surface area contributed by atoms with Crippen LogP contribution in [-0.4, -0.2) is 38.6 Å². The lowest BCUT2D eigenvalue weighted by Gasteiger charge is -2.16. The van der Waals surface area contributed by atoms with Gasteiger partial charge in [-0.25, -0.2) is 4.39 Å². The molecule has 1 aromatic heterocycles. The Kier molecular flexibility index (Phi) is 5.03. The monoisotopic (exact) mass is 394 g/mol. The fraction of sp³-hybridized carbons (Fsp3) is 0.250. The van der Waals surface area contributed by atoms with Gasteiger partial charge < -0.3 is 10.2 Å². The van der Waals surface area contributed by atoms with Gasteiger partial charge in [0, 0.05) is 18.7 Å². The number of tetrazole rings is 1. The maximum atomic E-state index is 13.1. The quantitative estimate of drug-likeness (QED) is 0.712. The number of halogens is 1. The molecule has 1 aliphatic heterocycles. The van der Waals surface area contributed by atoms with Gasteiger partial charge in [-0.1, -0.05) is 17.7 Å². The molecule has 1 atom stereocenters. The minimum Gasteiger partial charge on any atom is -0.348 e. The highest BCUT2D eigenvalue weighted by Gasteiger charge is 2.35. The molecular weight excluding hydrogens is 375 g/mol. The Balaban J connectivity index is 1.40. The van der Waals surface area contributed by atoms with Gasteiger partial charge in [0.05, 0.1) is 18.2 Å². The number of carbonyl (C=O) groups is 2. The first-order valence-electron chi connectivity index (χ1n) is 9.19. The van der Waals surface area contributed by atoms with E-state index in [2.05, 4.69) is 20.8 Å². The van der Waals surface area contributed by atoms with E-state index in [-0.39, 0.29) is 37.1 Å². The van der Waals surface area contributed by atoms with Crippen LogP contribution in [0.4, 0.5) is 10.1 Å².